The van der Waals surface area contributed by atoms with E-state index in [0.717, 1.165) is 28.3 Å². The fraction of sp³-hybridized carbons (Fsp3) is 0.286. The number of carbonyl (C=O) groups is 3. The second-order valence-corrected chi connectivity index (χ2v) is 8.08. The molecule has 1 aliphatic rings. The molecule has 0 saturated carbocycles. The molecule has 0 radical (unpaired) electrons. The van der Waals surface area contributed by atoms with Gasteiger partial charge in [-0.3, -0.25) is 9.59 Å². The van der Waals surface area contributed by atoms with Crippen molar-refractivity contribution in [1.29, 1.82) is 0 Å². The van der Waals surface area contributed by atoms with Gasteiger partial charge in [-0.15, -0.1) is 11.3 Å². The third-order valence-electron chi connectivity index (χ3n) is 4.74. The summed E-state index contributed by atoms with van der Waals surface area (Å²) in [5, 5.41) is 0. The van der Waals surface area contributed by atoms with Gasteiger partial charge in [-0.25, -0.2) is 4.79 Å². The number of para-hydroxylation sites is 1. The zero-order valence-corrected chi connectivity index (χ0v) is 16.6. The van der Waals surface area contributed by atoms with Crippen molar-refractivity contribution in [2.24, 2.45) is 0 Å². The lowest BCUT2D eigenvalue weighted by atomic mass is 9.83. The van der Waals surface area contributed by atoms with Crippen LogP contribution in [-0.2, 0) is 14.9 Å². The Hall–Kier alpha value is -2.73. The Bertz CT molecular complexity index is 955. The van der Waals surface area contributed by atoms with Crippen molar-refractivity contribution >= 4 is 34.6 Å². The van der Waals surface area contributed by atoms with E-state index in [9.17, 15) is 14.4 Å². The van der Waals surface area contributed by atoms with Gasteiger partial charge in [0.05, 0.1) is 4.88 Å². The van der Waals surface area contributed by atoms with Gasteiger partial charge >= 0.3 is 5.97 Å². The minimum atomic E-state index is -0.596. The van der Waals surface area contributed by atoms with E-state index in [1.54, 1.807) is 12.1 Å². The highest BCUT2D eigenvalue weighted by Gasteiger charge is 2.38. The lowest BCUT2D eigenvalue weighted by Gasteiger charge is -2.23. The maximum Gasteiger partial charge on any atom is 0.348 e. The number of ether oxygens (including phenoxy) is 1. The van der Waals surface area contributed by atoms with Crippen molar-refractivity contribution in [2.45, 2.75) is 26.2 Å². The predicted octanol–water partition coefficient (Wildman–Crippen LogP) is 3.99. The van der Waals surface area contributed by atoms with Crippen LogP contribution in [0.25, 0.3) is 0 Å². The van der Waals surface area contributed by atoms with Crippen LogP contribution in [0.1, 0.15) is 45.7 Å². The van der Waals surface area contributed by atoms with Crippen LogP contribution in [0.15, 0.2) is 48.2 Å². The molecule has 1 aromatic carbocycles. The van der Waals surface area contributed by atoms with Gasteiger partial charge in [0.1, 0.15) is 4.88 Å². The molecule has 0 amide bonds. The molecule has 0 saturated heterocycles. The van der Waals surface area contributed by atoms with E-state index in [-0.39, 0.29) is 23.6 Å². The minimum Gasteiger partial charge on any atom is -0.453 e. The van der Waals surface area contributed by atoms with Crippen molar-refractivity contribution in [1.82, 2.24) is 0 Å². The first-order valence-electron chi connectivity index (χ1n) is 8.58. The Morgan fingerprint density at radius 2 is 1.78 bits per heavy atom. The summed E-state index contributed by atoms with van der Waals surface area (Å²) in [7, 11) is 1.92. The number of benzene rings is 1. The van der Waals surface area contributed by atoms with Crippen LogP contribution in [0.3, 0.4) is 0 Å². The molecule has 1 aliphatic heterocycles. The molecule has 27 heavy (non-hydrogen) atoms. The number of ketones is 2. The molecule has 0 atom stereocenters. The first-order valence-corrected chi connectivity index (χ1v) is 9.39. The third-order valence-corrected chi connectivity index (χ3v) is 5.90. The van der Waals surface area contributed by atoms with Crippen molar-refractivity contribution in [3.8, 4) is 0 Å². The molecule has 0 fully saturated rings. The molecule has 0 bridgehead atoms. The fourth-order valence-electron chi connectivity index (χ4n) is 3.30. The van der Waals surface area contributed by atoms with E-state index >= 15 is 0 Å². The average molecular weight is 383 g/mol. The topological polar surface area (TPSA) is 63.7 Å². The number of allylic oxidation sites excluding steroid dienone is 1. The molecule has 0 unspecified atom stereocenters. The first-order chi connectivity index (χ1) is 12.7. The SMILES string of the molecule is CC(=O)c1ccc(C(=O)OCC(=O)/C=C2\N(C)c3ccccc3C2(C)C)s1. The number of fused-ring (bicyclic) bond motifs is 1. The molecule has 0 N–H and O–H groups in total. The van der Waals surface area contributed by atoms with E-state index in [1.165, 1.54) is 13.0 Å². The van der Waals surface area contributed by atoms with Crippen LogP contribution in [0.5, 0.6) is 0 Å². The summed E-state index contributed by atoms with van der Waals surface area (Å²) in [5.41, 5.74) is 2.77. The number of likely N-dealkylation sites (N-methyl/N-ethyl adjacent to an activating group) is 1. The number of carbonyl (C=O) groups excluding carboxylic acids is 3. The lowest BCUT2D eigenvalue weighted by molar-refractivity contribution is -0.117. The van der Waals surface area contributed by atoms with Gasteiger partial charge in [0.25, 0.3) is 0 Å². The fourth-order valence-corrected chi connectivity index (χ4v) is 4.09. The van der Waals surface area contributed by atoms with Crippen LogP contribution in [0, 0.1) is 0 Å². The van der Waals surface area contributed by atoms with E-state index in [1.807, 2.05) is 30.1 Å². The summed E-state index contributed by atoms with van der Waals surface area (Å²) in [6, 6.07) is 11.1. The maximum absolute atomic E-state index is 12.4. The van der Waals surface area contributed by atoms with Crippen LogP contribution in [0.2, 0.25) is 0 Å². The van der Waals surface area contributed by atoms with E-state index < -0.39 is 5.97 Å². The number of hydrogen-bond acceptors (Lipinski definition) is 6. The Labute approximate surface area is 162 Å². The van der Waals surface area contributed by atoms with Crippen molar-refractivity contribution in [3.05, 3.63) is 63.5 Å². The van der Waals surface area contributed by atoms with Crippen molar-refractivity contribution < 1.29 is 19.1 Å². The molecular weight excluding hydrogens is 362 g/mol. The summed E-state index contributed by atoms with van der Waals surface area (Å²) in [6.45, 7) is 5.23. The van der Waals surface area contributed by atoms with Crippen molar-refractivity contribution in [3.63, 3.8) is 0 Å². The summed E-state index contributed by atoms with van der Waals surface area (Å²) in [6.07, 6.45) is 1.54. The summed E-state index contributed by atoms with van der Waals surface area (Å²) < 4.78 is 5.12. The number of Topliss-reactive ketones (excluding diaryl/α,β-unsaturated/α-hetero) is 1. The van der Waals surface area contributed by atoms with Crippen molar-refractivity contribution in [2.75, 3.05) is 18.6 Å². The smallest absolute Gasteiger partial charge is 0.348 e. The summed E-state index contributed by atoms with van der Waals surface area (Å²) >= 11 is 1.07. The van der Waals surface area contributed by atoms with Gasteiger partial charge in [-0.2, -0.15) is 0 Å². The third kappa shape index (κ3) is 3.57. The molecule has 140 valence electrons. The zero-order chi connectivity index (χ0) is 19.8. The molecular formula is C21H21NO4S. The number of nitrogens with zero attached hydrogens (tertiary/aromatic N) is 1. The van der Waals surface area contributed by atoms with E-state index in [0.29, 0.717) is 9.75 Å². The highest BCUT2D eigenvalue weighted by atomic mass is 32.1. The second-order valence-electron chi connectivity index (χ2n) is 6.99. The van der Waals surface area contributed by atoms with E-state index in [2.05, 4.69) is 19.9 Å². The van der Waals surface area contributed by atoms with Gasteiger partial charge in [0.15, 0.2) is 18.2 Å². The van der Waals surface area contributed by atoms with Gasteiger partial charge < -0.3 is 9.64 Å². The van der Waals surface area contributed by atoms with Crippen LogP contribution >= 0.6 is 11.3 Å². The standard InChI is InChI=1S/C21H21NO4S/c1-13(23)17-9-10-18(27-17)20(25)26-12-14(24)11-19-21(2,3)15-7-5-6-8-16(15)22(19)4/h5-11H,12H2,1-4H3/b19-11-. The first kappa shape index (κ1) is 19.0. The normalized spacial score (nSPS) is 16.3. The summed E-state index contributed by atoms with van der Waals surface area (Å²) in [5.74, 6) is -0.984. The molecule has 2 aromatic rings. The molecule has 6 heteroatoms. The number of hydrogen-bond donors (Lipinski definition) is 0. The molecule has 0 aliphatic carbocycles. The molecule has 5 nitrogen and oxygen atoms in total. The Kier molecular flexibility index (Phi) is 5.02. The molecule has 0 spiro atoms. The average Bonchev–Trinajstić information content (AvgIpc) is 3.19. The van der Waals surface area contributed by atoms with Gasteiger partial charge in [-0.05, 0) is 30.7 Å². The number of rotatable bonds is 5. The zero-order valence-electron chi connectivity index (χ0n) is 15.7. The summed E-state index contributed by atoms with van der Waals surface area (Å²) in [4.78, 5) is 38.6. The van der Waals surface area contributed by atoms with Crippen LogP contribution in [-0.4, -0.2) is 31.2 Å². The van der Waals surface area contributed by atoms with Gasteiger partial charge in [0.2, 0.25) is 0 Å². The molecule has 2 heterocycles. The highest BCUT2D eigenvalue weighted by molar-refractivity contribution is 7.15. The second kappa shape index (κ2) is 7.12. The Morgan fingerprint density at radius 3 is 2.41 bits per heavy atom. The van der Waals surface area contributed by atoms with Crippen LogP contribution < -0.4 is 4.90 Å². The van der Waals surface area contributed by atoms with Gasteiger partial charge in [0, 0.05) is 29.9 Å². The molecule has 1 aromatic heterocycles. The Balaban J connectivity index is 1.70. The molecule has 3 rings (SSSR count). The highest BCUT2D eigenvalue weighted by Crippen LogP contribution is 2.46. The predicted molar refractivity (Wildman–Crippen MR) is 106 cm³/mol. The minimum absolute atomic E-state index is 0.106. The lowest BCUT2D eigenvalue weighted by Crippen LogP contribution is -2.25. The van der Waals surface area contributed by atoms with Gasteiger partial charge in [-0.1, -0.05) is 32.0 Å². The number of esters is 1. The quantitative estimate of drug-likeness (QED) is 0.444. The monoisotopic (exact) mass is 383 g/mol. The van der Waals surface area contributed by atoms with E-state index in [4.69, 9.17) is 4.74 Å². The number of thiophene rings is 1. The Morgan fingerprint density at radius 1 is 1.11 bits per heavy atom. The van der Waals surface area contributed by atoms with Crippen LogP contribution in [0.4, 0.5) is 5.69 Å². The number of anilines is 1. The largest absolute Gasteiger partial charge is 0.453 e. The maximum atomic E-state index is 12.4.